The van der Waals surface area contributed by atoms with Gasteiger partial charge in [0.15, 0.2) is 0 Å². The Kier molecular flexibility index (Phi) is 8.89. The monoisotopic (exact) mass is 422 g/mol. The van der Waals surface area contributed by atoms with Crippen LogP contribution in [0.1, 0.15) is 35.2 Å². The van der Waals surface area contributed by atoms with E-state index in [1.807, 2.05) is 24.3 Å². The third-order valence-electron chi connectivity index (χ3n) is 4.86. The van der Waals surface area contributed by atoms with Crippen molar-refractivity contribution in [3.05, 3.63) is 59.4 Å². The van der Waals surface area contributed by atoms with Crippen molar-refractivity contribution >= 4 is 18.3 Å². The highest BCUT2D eigenvalue weighted by molar-refractivity contribution is 5.94. The summed E-state index contributed by atoms with van der Waals surface area (Å²) in [5.41, 5.74) is 6.67. The molecule has 1 fully saturated rings. The SMILES string of the molecule is CN(CC1CCCCO1)C(=O)c1cc(Oc2ccc(CCN)cc2)ccc1F.Cl. The van der Waals surface area contributed by atoms with Crippen molar-refractivity contribution in [1.82, 2.24) is 4.90 Å². The maximum Gasteiger partial charge on any atom is 0.256 e. The average molecular weight is 423 g/mol. The Morgan fingerprint density at radius 1 is 1.21 bits per heavy atom. The molecule has 0 bridgehead atoms. The molecule has 1 unspecified atom stereocenters. The molecule has 1 amide bonds. The molecule has 1 heterocycles. The Bertz CT molecular complexity index is 795. The van der Waals surface area contributed by atoms with Crippen LogP contribution in [0.15, 0.2) is 42.5 Å². The van der Waals surface area contributed by atoms with Gasteiger partial charge >= 0.3 is 0 Å². The minimum atomic E-state index is -0.563. The summed E-state index contributed by atoms with van der Waals surface area (Å²) in [7, 11) is 1.67. The molecule has 1 aliphatic rings. The topological polar surface area (TPSA) is 64.8 Å². The van der Waals surface area contributed by atoms with Gasteiger partial charge in [-0.05, 0) is 68.1 Å². The van der Waals surface area contributed by atoms with Gasteiger partial charge in [0.1, 0.15) is 17.3 Å². The number of carbonyl (C=O) groups excluding carboxylic acids is 1. The van der Waals surface area contributed by atoms with Gasteiger partial charge < -0.3 is 20.1 Å². The van der Waals surface area contributed by atoms with E-state index in [1.54, 1.807) is 7.05 Å². The van der Waals surface area contributed by atoms with Crippen molar-refractivity contribution in [2.24, 2.45) is 5.73 Å². The van der Waals surface area contributed by atoms with Crippen LogP contribution in [0.4, 0.5) is 4.39 Å². The van der Waals surface area contributed by atoms with Crippen LogP contribution in [-0.2, 0) is 11.2 Å². The lowest BCUT2D eigenvalue weighted by Gasteiger charge is -2.27. The molecular formula is C22H28ClFN2O3. The first-order valence-corrected chi connectivity index (χ1v) is 9.70. The highest BCUT2D eigenvalue weighted by Gasteiger charge is 2.22. The van der Waals surface area contributed by atoms with Gasteiger partial charge in [-0.1, -0.05) is 12.1 Å². The van der Waals surface area contributed by atoms with Crippen LogP contribution < -0.4 is 10.5 Å². The zero-order valence-electron chi connectivity index (χ0n) is 16.6. The molecule has 0 radical (unpaired) electrons. The Hall–Kier alpha value is -2.15. The predicted octanol–water partition coefficient (Wildman–Crippen LogP) is 4.18. The van der Waals surface area contributed by atoms with Gasteiger partial charge in [0.25, 0.3) is 5.91 Å². The minimum Gasteiger partial charge on any atom is -0.457 e. The fourth-order valence-corrected chi connectivity index (χ4v) is 3.30. The van der Waals surface area contributed by atoms with Crippen LogP contribution >= 0.6 is 12.4 Å². The quantitative estimate of drug-likeness (QED) is 0.726. The van der Waals surface area contributed by atoms with Gasteiger partial charge in [0.05, 0.1) is 11.7 Å². The molecule has 2 N–H and O–H groups in total. The molecule has 3 rings (SSSR count). The number of halogens is 2. The number of rotatable bonds is 7. The minimum absolute atomic E-state index is 0. The van der Waals surface area contributed by atoms with E-state index in [4.69, 9.17) is 15.2 Å². The van der Waals surface area contributed by atoms with Crippen LogP contribution in [-0.4, -0.2) is 43.7 Å². The zero-order chi connectivity index (χ0) is 19.9. The van der Waals surface area contributed by atoms with Crippen molar-refractivity contribution in [2.75, 3.05) is 26.7 Å². The summed E-state index contributed by atoms with van der Waals surface area (Å²) >= 11 is 0. The first-order chi connectivity index (χ1) is 13.6. The second kappa shape index (κ2) is 11.1. The number of nitrogens with zero attached hydrogens (tertiary/aromatic N) is 1. The lowest BCUT2D eigenvalue weighted by atomic mass is 10.1. The van der Waals surface area contributed by atoms with Crippen LogP contribution in [0.3, 0.4) is 0 Å². The maximum atomic E-state index is 14.3. The number of hydrogen-bond acceptors (Lipinski definition) is 4. The number of ether oxygens (including phenoxy) is 2. The maximum absolute atomic E-state index is 14.3. The molecule has 29 heavy (non-hydrogen) atoms. The second-order valence-corrected chi connectivity index (χ2v) is 7.10. The normalized spacial score (nSPS) is 16.0. The first-order valence-electron chi connectivity index (χ1n) is 9.70. The molecule has 7 heteroatoms. The lowest BCUT2D eigenvalue weighted by Crippen LogP contribution is -2.37. The van der Waals surface area contributed by atoms with E-state index in [0.717, 1.165) is 31.2 Å². The third kappa shape index (κ3) is 6.42. The molecule has 0 saturated carbocycles. The predicted molar refractivity (Wildman–Crippen MR) is 113 cm³/mol. The van der Waals surface area contributed by atoms with E-state index in [-0.39, 0.29) is 30.0 Å². The molecule has 158 valence electrons. The molecule has 0 aliphatic carbocycles. The molecule has 0 spiro atoms. The number of carbonyl (C=O) groups is 1. The van der Waals surface area contributed by atoms with E-state index in [9.17, 15) is 9.18 Å². The van der Waals surface area contributed by atoms with E-state index in [2.05, 4.69) is 0 Å². The summed E-state index contributed by atoms with van der Waals surface area (Å²) in [6, 6.07) is 11.8. The van der Waals surface area contributed by atoms with Gasteiger partial charge in [-0.2, -0.15) is 0 Å². The van der Waals surface area contributed by atoms with E-state index >= 15 is 0 Å². The Balaban J connectivity index is 0.00000300. The Morgan fingerprint density at radius 2 is 1.93 bits per heavy atom. The van der Waals surface area contributed by atoms with E-state index in [1.165, 1.54) is 23.1 Å². The number of benzene rings is 2. The summed E-state index contributed by atoms with van der Waals surface area (Å²) in [4.78, 5) is 14.2. The molecule has 2 aromatic carbocycles. The van der Waals surface area contributed by atoms with Crippen molar-refractivity contribution < 1.29 is 18.7 Å². The first kappa shape index (κ1) is 23.1. The fourth-order valence-electron chi connectivity index (χ4n) is 3.30. The molecule has 1 aliphatic heterocycles. The van der Waals surface area contributed by atoms with Crippen molar-refractivity contribution in [2.45, 2.75) is 31.8 Å². The van der Waals surface area contributed by atoms with Crippen LogP contribution in [0.5, 0.6) is 11.5 Å². The largest absolute Gasteiger partial charge is 0.457 e. The fraction of sp³-hybridized carbons (Fsp3) is 0.409. The number of likely N-dealkylation sites (N-methyl/N-ethyl adjacent to an activating group) is 1. The smallest absolute Gasteiger partial charge is 0.256 e. The Morgan fingerprint density at radius 3 is 2.59 bits per heavy atom. The summed E-state index contributed by atoms with van der Waals surface area (Å²) in [6.07, 6.45) is 3.87. The number of amides is 1. The highest BCUT2D eigenvalue weighted by Crippen LogP contribution is 2.25. The molecule has 1 atom stereocenters. The summed E-state index contributed by atoms with van der Waals surface area (Å²) < 4.78 is 25.8. The average Bonchev–Trinajstić information content (AvgIpc) is 2.71. The summed E-state index contributed by atoms with van der Waals surface area (Å²) in [5.74, 6) is 0.0934. The number of hydrogen-bond donors (Lipinski definition) is 1. The van der Waals surface area contributed by atoms with Crippen LogP contribution in [0, 0.1) is 5.82 Å². The molecular weight excluding hydrogens is 395 g/mol. The van der Waals surface area contributed by atoms with Gasteiger partial charge in [-0.3, -0.25) is 4.79 Å². The van der Waals surface area contributed by atoms with Crippen molar-refractivity contribution in [3.8, 4) is 11.5 Å². The standard InChI is InChI=1S/C22H27FN2O3.ClH/c1-25(15-19-4-2-3-13-27-19)22(26)20-14-18(9-10-21(20)23)28-17-7-5-16(6-8-17)11-12-24;/h5-10,14,19H,2-4,11-13,15,24H2,1H3;1H. The van der Waals surface area contributed by atoms with Gasteiger partial charge in [0, 0.05) is 20.2 Å². The summed E-state index contributed by atoms with van der Waals surface area (Å²) in [6.45, 7) is 1.75. The third-order valence-corrected chi connectivity index (χ3v) is 4.86. The second-order valence-electron chi connectivity index (χ2n) is 7.10. The van der Waals surface area contributed by atoms with Crippen molar-refractivity contribution in [1.29, 1.82) is 0 Å². The van der Waals surface area contributed by atoms with Crippen LogP contribution in [0.2, 0.25) is 0 Å². The zero-order valence-corrected chi connectivity index (χ0v) is 17.4. The van der Waals surface area contributed by atoms with Gasteiger partial charge in [-0.15, -0.1) is 12.4 Å². The van der Waals surface area contributed by atoms with E-state index in [0.29, 0.717) is 31.2 Å². The van der Waals surface area contributed by atoms with E-state index < -0.39 is 5.82 Å². The number of nitrogens with two attached hydrogens (primary N) is 1. The van der Waals surface area contributed by atoms with Gasteiger partial charge in [-0.25, -0.2) is 4.39 Å². The Labute approximate surface area is 177 Å². The molecule has 2 aromatic rings. The van der Waals surface area contributed by atoms with Crippen molar-refractivity contribution in [3.63, 3.8) is 0 Å². The highest BCUT2D eigenvalue weighted by atomic mass is 35.5. The summed E-state index contributed by atoms with van der Waals surface area (Å²) in [5, 5.41) is 0. The molecule has 1 saturated heterocycles. The van der Waals surface area contributed by atoms with Gasteiger partial charge in [0.2, 0.25) is 0 Å². The molecule has 0 aromatic heterocycles. The van der Waals surface area contributed by atoms with Crippen LogP contribution in [0.25, 0.3) is 0 Å². The molecule has 5 nitrogen and oxygen atoms in total. The lowest BCUT2D eigenvalue weighted by molar-refractivity contribution is -0.000273.